The van der Waals surface area contributed by atoms with Gasteiger partial charge in [0.05, 0.1) is 7.11 Å². The van der Waals surface area contributed by atoms with Gasteiger partial charge in [-0.2, -0.15) is 0 Å². The van der Waals surface area contributed by atoms with Gasteiger partial charge >= 0.3 is 0 Å². The van der Waals surface area contributed by atoms with Gasteiger partial charge in [-0.1, -0.05) is 0 Å². The first-order chi connectivity index (χ1) is 11.4. The quantitative estimate of drug-likeness (QED) is 0.848. The molecule has 0 aliphatic heterocycles. The molecular weight excluding hydrogens is 307 g/mol. The van der Waals surface area contributed by atoms with Crippen molar-refractivity contribution in [2.75, 3.05) is 28.3 Å². The minimum absolute atomic E-state index is 0.106. The van der Waals surface area contributed by atoms with Crippen molar-refractivity contribution in [3.8, 4) is 5.75 Å². The number of fused-ring (bicyclic) bond motifs is 1. The van der Waals surface area contributed by atoms with Crippen LogP contribution in [0.4, 0.5) is 4.39 Å². The van der Waals surface area contributed by atoms with Crippen molar-refractivity contribution < 1.29 is 13.9 Å². The lowest BCUT2D eigenvalue weighted by Gasteiger charge is -2.27. The molecule has 2 unspecified atom stereocenters. The van der Waals surface area contributed by atoms with Crippen LogP contribution in [0.15, 0.2) is 18.2 Å². The molecule has 0 spiro atoms. The van der Waals surface area contributed by atoms with Crippen LogP contribution in [0.25, 0.3) is 0 Å². The molecule has 0 bridgehead atoms. The number of carbonyl (C=O) groups is 1. The van der Waals surface area contributed by atoms with Crippen molar-refractivity contribution in [1.82, 2.24) is 9.80 Å². The van der Waals surface area contributed by atoms with Gasteiger partial charge in [0.2, 0.25) is 0 Å². The Labute approximate surface area is 143 Å². The van der Waals surface area contributed by atoms with Crippen LogP contribution >= 0.6 is 0 Å². The first-order valence-corrected chi connectivity index (χ1v) is 8.67. The van der Waals surface area contributed by atoms with Crippen LogP contribution in [0, 0.1) is 17.7 Å². The lowest BCUT2D eigenvalue weighted by Crippen LogP contribution is -2.36. The van der Waals surface area contributed by atoms with E-state index < -0.39 is 5.82 Å². The van der Waals surface area contributed by atoms with E-state index >= 15 is 0 Å². The number of benzene rings is 1. The average molecular weight is 334 g/mol. The molecule has 0 radical (unpaired) electrons. The summed E-state index contributed by atoms with van der Waals surface area (Å²) >= 11 is 0. The molecule has 0 N–H and O–H groups in total. The van der Waals surface area contributed by atoms with Crippen molar-refractivity contribution >= 4 is 5.91 Å². The molecule has 5 heteroatoms. The number of amides is 1. The number of carbonyl (C=O) groups excluding carboxylic acids is 1. The molecule has 0 saturated heterocycles. The van der Waals surface area contributed by atoms with E-state index in [-0.39, 0.29) is 17.7 Å². The molecule has 0 heterocycles. The Bertz CT molecular complexity index is 605. The van der Waals surface area contributed by atoms with Gasteiger partial charge in [0.25, 0.3) is 5.91 Å². The number of hydrogen-bond donors (Lipinski definition) is 0. The SMILES string of the molecule is COc1ccc(C(=O)N(C)C2C[C@H]3CC(N(C)C)C[C@H]3C2)cc1F. The molecule has 1 amide bonds. The summed E-state index contributed by atoms with van der Waals surface area (Å²) in [6.45, 7) is 0. The highest BCUT2D eigenvalue weighted by Crippen LogP contribution is 2.46. The van der Waals surface area contributed by atoms with Gasteiger partial charge < -0.3 is 14.5 Å². The summed E-state index contributed by atoms with van der Waals surface area (Å²) < 4.78 is 18.8. The highest BCUT2D eigenvalue weighted by Gasteiger charge is 2.44. The van der Waals surface area contributed by atoms with Crippen LogP contribution in [0.1, 0.15) is 36.0 Å². The number of hydrogen-bond acceptors (Lipinski definition) is 3. The van der Waals surface area contributed by atoms with Crippen molar-refractivity contribution in [3.05, 3.63) is 29.6 Å². The number of rotatable bonds is 4. The third-order valence-electron chi connectivity index (χ3n) is 5.96. The third kappa shape index (κ3) is 3.14. The Morgan fingerprint density at radius 2 is 1.67 bits per heavy atom. The molecule has 1 aromatic carbocycles. The maximum atomic E-state index is 13.9. The predicted octanol–water partition coefficient (Wildman–Crippen LogP) is 3.03. The van der Waals surface area contributed by atoms with E-state index in [2.05, 4.69) is 19.0 Å². The van der Waals surface area contributed by atoms with Crippen molar-refractivity contribution in [3.63, 3.8) is 0 Å². The van der Waals surface area contributed by atoms with Gasteiger partial charge in [0.1, 0.15) is 0 Å². The number of ether oxygens (including phenoxy) is 1. The van der Waals surface area contributed by atoms with Crippen LogP contribution in [0.3, 0.4) is 0 Å². The molecule has 1 aromatic rings. The average Bonchev–Trinajstić information content (AvgIpc) is 3.12. The second kappa shape index (κ2) is 6.71. The first kappa shape index (κ1) is 17.2. The van der Waals surface area contributed by atoms with Crippen LogP contribution < -0.4 is 4.74 Å². The largest absolute Gasteiger partial charge is 0.494 e. The normalized spacial score (nSPS) is 28.9. The highest BCUT2D eigenvalue weighted by atomic mass is 19.1. The molecule has 4 atom stereocenters. The molecule has 2 saturated carbocycles. The van der Waals surface area contributed by atoms with E-state index in [9.17, 15) is 9.18 Å². The lowest BCUT2D eigenvalue weighted by atomic mass is 10.0. The molecule has 2 aliphatic carbocycles. The number of nitrogens with zero attached hydrogens (tertiary/aromatic N) is 2. The van der Waals surface area contributed by atoms with Crippen LogP contribution in [-0.2, 0) is 0 Å². The molecule has 0 aromatic heterocycles. The summed E-state index contributed by atoms with van der Waals surface area (Å²) in [5.41, 5.74) is 0.388. The number of halogens is 1. The smallest absolute Gasteiger partial charge is 0.253 e. The molecular formula is C19H27FN2O2. The Balaban J connectivity index is 1.65. The summed E-state index contributed by atoms with van der Waals surface area (Å²) in [7, 11) is 7.57. The molecule has 2 fully saturated rings. The van der Waals surface area contributed by atoms with E-state index in [0.717, 1.165) is 12.8 Å². The van der Waals surface area contributed by atoms with E-state index in [1.165, 1.54) is 32.1 Å². The maximum absolute atomic E-state index is 13.9. The monoisotopic (exact) mass is 334 g/mol. The summed E-state index contributed by atoms with van der Waals surface area (Å²) in [5.74, 6) is 0.995. The summed E-state index contributed by atoms with van der Waals surface area (Å²) in [5, 5.41) is 0. The van der Waals surface area contributed by atoms with Gasteiger partial charge in [0, 0.05) is 24.7 Å². The van der Waals surface area contributed by atoms with E-state index in [0.29, 0.717) is 23.4 Å². The van der Waals surface area contributed by atoms with Gasteiger partial charge in [-0.05, 0) is 69.8 Å². The fraction of sp³-hybridized carbons (Fsp3) is 0.632. The second-order valence-electron chi connectivity index (χ2n) is 7.50. The fourth-order valence-electron chi connectivity index (χ4n) is 4.46. The Morgan fingerprint density at radius 3 is 2.17 bits per heavy atom. The molecule has 4 nitrogen and oxygen atoms in total. The van der Waals surface area contributed by atoms with Crippen LogP contribution in [0.2, 0.25) is 0 Å². The van der Waals surface area contributed by atoms with Gasteiger partial charge in [0.15, 0.2) is 11.6 Å². The lowest BCUT2D eigenvalue weighted by molar-refractivity contribution is 0.0725. The second-order valence-corrected chi connectivity index (χ2v) is 7.50. The van der Waals surface area contributed by atoms with Crippen molar-refractivity contribution in [2.24, 2.45) is 11.8 Å². The van der Waals surface area contributed by atoms with Crippen LogP contribution in [0.5, 0.6) is 5.75 Å². The predicted molar refractivity (Wildman–Crippen MR) is 91.8 cm³/mol. The Kier molecular flexibility index (Phi) is 4.81. The molecule has 3 rings (SSSR count). The fourth-order valence-corrected chi connectivity index (χ4v) is 4.46. The van der Waals surface area contributed by atoms with Gasteiger partial charge in [-0.25, -0.2) is 4.39 Å². The highest BCUT2D eigenvalue weighted by molar-refractivity contribution is 5.94. The van der Waals surface area contributed by atoms with E-state index in [1.807, 2.05) is 11.9 Å². The Morgan fingerprint density at radius 1 is 1.08 bits per heavy atom. The van der Waals surface area contributed by atoms with Gasteiger partial charge in [-0.15, -0.1) is 0 Å². The summed E-state index contributed by atoms with van der Waals surface area (Å²) in [6.07, 6.45) is 4.59. The minimum Gasteiger partial charge on any atom is -0.494 e. The van der Waals surface area contributed by atoms with Gasteiger partial charge in [-0.3, -0.25) is 4.79 Å². The topological polar surface area (TPSA) is 32.8 Å². The van der Waals surface area contributed by atoms with E-state index in [4.69, 9.17) is 4.74 Å². The molecule has 24 heavy (non-hydrogen) atoms. The number of methoxy groups -OCH3 is 1. The summed E-state index contributed by atoms with van der Waals surface area (Å²) in [6, 6.07) is 5.37. The first-order valence-electron chi connectivity index (χ1n) is 8.67. The van der Waals surface area contributed by atoms with Crippen LogP contribution in [-0.4, -0.2) is 56.0 Å². The Hall–Kier alpha value is -1.62. The standard InChI is InChI=1S/C19H27FN2O2/c1-21(2)15-7-13-9-16(10-14(13)8-15)22(3)19(23)12-5-6-18(24-4)17(20)11-12/h5-6,11,13-16H,7-10H2,1-4H3/t13-,14+,15?,16?. The van der Waals surface area contributed by atoms with Crippen molar-refractivity contribution in [2.45, 2.75) is 37.8 Å². The van der Waals surface area contributed by atoms with Crippen molar-refractivity contribution in [1.29, 1.82) is 0 Å². The molecule has 132 valence electrons. The zero-order valence-corrected chi connectivity index (χ0v) is 15.0. The third-order valence-corrected chi connectivity index (χ3v) is 5.96. The van der Waals surface area contributed by atoms with E-state index in [1.54, 1.807) is 6.07 Å². The summed E-state index contributed by atoms with van der Waals surface area (Å²) in [4.78, 5) is 16.8. The maximum Gasteiger partial charge on any atom is 0.253 e. The zero-order valence-electron chi connectivity index (χ0n) is 15.0. The molecule has 2 aliphatic rings. The zero-order chi connectivity index (χ0) is 17.4. The minimum atomic E-state index is -0.492.